The Morgan fingerprint density at radius 2 is 1.85 bits per heavy atom. The number of nitrogen functional groups attached to an aromatic ring is 1. The van der Waals surface area contributed by atoms with Gasteiger partial charge < -0.3 is 16.0 Å². The van der Waals surface area contributed by atoms with Crippen LogP contribution in [-0.2, 0) is 11.0 Å². The van der Waals surface area contributed by atoms with Crippen LogP contribution in [-0.4, -0.2) is 48.7 Å². The van der Waals surface area contributed by atoms with Gasteiger partial charge in [-0.25, -0.2) is 15.0 Å². The number of pyridine rings is 1. The highest BCUT2D eigenvalue weighted by Crippen LogP contribution is 2.57. The SMILES string of the molecule is Nc1nccn2c([C@@H]3CC[C@H]4CC5(CC5)C(=O)N4C3)nc(-c3ccc(C(=O)Nc4cc(C(F)(F)F)ccn4)cc3)c12. The van der Waals surface area contributed by atoms with Crippen molar-refractivity contribution in [3.63, 3.8) is 0 Å². The molecule has 9 nitrogen and oxygen atoms in total. The molecule has 1 spiro atoms. The van der Waals surface area contributed by atoms with Gasteiger partial charge >= 0.3 is 6.18 Å². The lowest BCUT2D eigenvalue weighted by atomic mass is 9.91. The van der Waals surface area contributed by atoms with E-state index in [9.17, 15) is 22.8 Å². The number of hydrogen-bond donors (Lipinski definition) is 2. The number of carbonyl (C=O) groups excluding carboxylic acids is 2. The molecule has 210 valence electrons. The molecule has 3 fully saturated rings. The standard InChI is InChI=1S/C29H26F3N7O2/c30-29(31,32)19-7-10-34-21(13-19)36-26(40)17-3-1-16(2-4-17)22-23-24(33)35-11-12-38(23)25(37-22)18-5-6-20-14-28(8-9-28)27(41)39(20)15-18/h1-4,7,10-13,18,20H,5-6,8-9,14-15H2,(H2,33,35)(H,34,36,40)/t18-,20+/m1/s1. The van der Waals surface area contributed by atoms with Crippen LogP contribution < -0.4 is 11.1 Å². The summed E-state index contributed by atoms with van der Waals surface area (Å²) in [5.41, 5.74) is 7.47. The maximum absolute atomic E-state index is 13.1. The van der Waals surface area contributed by atoms with Crippen molar-refractivity contribution in [1.82, 2.24) is 24.3 Å². The van der Waals surface area contributed by atoms with Crippen LogP contribution in [0, 0.1) is 5.41 Å². The average Bonchev–Trinajstić information content (AvgIpc) is 3.55. The zero-order valence-corrected chi connectivity index (χ0v) is 21.9. The Labute approximate surface area is 232 Å². The lowest BCUT2D eigenvalue weighted by Gasteiger charge is -2.34. The Balaban J connectivity index is 1.16. The molecule has 3 N–H and O–H groups in total. The van der Waals surface area contributed by atoms with Crippen molar-refractivity contribution < 1.29 is 22.8 Å². The van der Waals surface area contributed by atoms with Crippen LogP contribution >= 0.6 is 0 Å². The number of carbonyl (C=O) groups is 2. The van der Waals surface area contributed by atoms with Gasteiger partial charge in [0, 0.05) is 48.2 Å². The quantitative estimate of drug-likeness (QED) is 0.366. The Morgan fingerprint density at radius 1 is 1.07 bits per heavy atom. The number of fused-ring (bicyclic) bond motifs is 2. The van der Waals surface area contributed by atoms with Crippen molar-refractivity contribution in [2.24, 2.45) is 5.41 Å². The number of piperidine rings is 1. The lowest BCUT2D eigenvalue weighted by Crippen LogP contribution is -2.41. The van der Waals surface area contributed by atoms with E-state index in [2.05, 4.69) is 20.2 Å². The smallest absolute Gasteiger partial charge is 0.382 e. The fourth-order valence-electron chi connectivity index (χ4n) is 6.33. The summed E-state index contributed by atoms with van der Waals surface area (Å²) in [6, 6.07) is 8.50. The number of amides is 2. The number of nitrogens with one attached hydrogen (secondary N) is 1. The largest absolute Gasteiger partial charge is 0.416 e. The second kappa shape index (κ2) is 9.02. The monoisotopic (exact) mass is 561 g/mol. The van der Waals surface area contributed by atoms with Crippen LogP contribution in [0.5, 0.6) is 0 Å². The summed E-state index contributed by atoms with van der Waals surface area (Å²) in [4.78, 5) is 41.0. The summed E-state index contributed by atoms with van der Waals surface area (Å²) >= 11 is 0. The molecule has 2 aliphatic heterocycles. The molecule has 5 heterocycles. The van der Waals surface area contributed by atoms with Crippen LogP contribution in [0.2, 0.25) is 0 Å². The molecule has 1 saturated carbocycles. The minimum Gasteiger partial charge on any atom is -0.382 e. The third-order valence-corrected chi connectivity index (χ3v) is 8.63. The molecule has 3 aromatic heterocycles. The highest BCUT2D eigenvalue weighted by atomic mass is 19.4. The molecule has 1 aliphatic carbocycles. The van der Waals surface area contributed by atoms with Gasteiger partial charge in [0.05, 0.1) is 11.0 Å². The summed E-state index contributed by atoms with van der Waals surface area (Å²) < 4.78 is 41.0. The van der Waals surface area contributed by atoms with Crippen molar-refractivity contribution in [3.05, 3.63) is 71.9 Å². The molecule has 2 atom stereocenters. The number of benzene rings is 1. The number of nitrogens with zero attached hydrogens (tertiary/aromatic N) is 5. The number of imidazole rings is 1. The van der Waals surface area contributed by atoms with Gasteiger partial charge in [0.15, 0.2) is 0 Å². The molecule has 41 heavy (non-hydrogen) atoms. The Hall–Kier alpha value is -4.48. The van der Waals surface area contributed by atoms with E-state index in [0.29, 0.717) is 35.2 Å². The lowest BCUT2D eigenvalue weighted by molar-refractivity contribution is -0.137. The number of aromatic nitrogens is 4. The van der Waals surface area contributed by atoms with E-state index in [0.717, 1.165) is 56.3 Å². The third kappa shape index (κ3) is 4.28. The number of hydrogen-bond acceptors (Lipinski definition) is 6. The van der Waals surface area contributed by atoms with Crippen LogP contribution in [0.1, 0.15) is 59.8 Å². The zero-order chi connectivity index (χ0) is 28.5. The van der Waals surface area contributed by atoms with Crippen LogP contribution in [0.4, 0.5) is 24.8 Å². The molecule has 2 saturated heterocycles. The molecule has 0 unspecified atom stereocenters. The summed E-state index contributed by atoms with van der Waals surface area (Å²) in [7, 11) is 0. The van der Waals surface area contributed by atoms with Crippen molar-refractivity contribution in [2.75, 3.05) is 17.6 Å². The van der Waals surface area contributed by atoms with Crippen LogP contribution in [0.3, 0.4) is 0 Å². The van der Waals surface area contributed by atoms with Gasteiger partial charge in [0.2, 0.25) is 5.91 Å². The highest BCUT2D eigenvalue weighted by molar-refractivity contribution is 6.04. The van der Waals surface area contributed by atoms with Gasteiger partial charge in [-0.05, 0) is 56.4 Å². The second-order valence-electron chi connectivity index (χ2n) is 11.2. The molecule has 2 amide bonds. The highest BCUT2D eigenvalue weighted by Gasteiger charge is 2.60. The molecule has 1 aromatic carbocycles. The van der Waals surface area contributed by atoms with Crippen LogP contribution in [0.25, 0.3) is 16.8 Å². The topological polar surface area (TPSA) is 119 Å². The molecule has 12 heteroatoms. The number of anilines is 2. The predicted octanol–water partition coefficient (Wildman–Crippen LogP) is 4.90. The van der Waals surface area contributed by atoms with E-state index in [1.807, 2.05) is 10.6 Å². The zero-order valence-electron chi connectivity index (χ0n) is 21.9. The van der Waals surface area contributed by atoms with Gasteiger partial charge in [-0.2, -0.15) is 13.2 Å². The van der Waals surface area contributed by atoms with Gasteiger partial charge in [-0.15, -0.1) is 0 Å². The Bertz CT molecular complexity index is 1700. The number of rotatable bonds is 4. The van der Waals surface area contributed by atoms with Crippen molar-refractivity contribution in [1.29, 1.82) is 0 Å². The summed E-state index contributed by atoms with van der Waals surface area (Å²) in [6.45, 7) is 0.620. The van der Waals surface area contributed by atoms with Crippen molar-refractivity contribution in [2.45, 2.75) is 50.2 Å². The Morgan fingerprint density at radius 3 is 2.59 bits per heavy atom. The first-order valence-corrected chi connectivity index (χ1v) is 13.5. The summed E-state index contributed by atoms with van der Waals surface area (Å²) in [6.07, 6.45) is 4.70. The average molecular weight is 562 g/mol. The molecular formula is C29H26F3N7O2. The molecule has 0 bridgehead atoms. The van der Waals surface area contributed by atoms with E-state index in [4.69, 9.17) is 10.7 Å². The van der Waals surface area contributed by atoms with Gasteiger partial charge in [-0.1, -0.05) is 12.1 Å². The van der Waals surface area contributed by atoms with Gasteiger partial charge in [0.1, 0.15) is 28.7 Å². The molecular weight excluding hydrogens is 535 g/mol. The number of alkyl halides is 3. The number of halogens is 3. The summed E-state index contributed by atoms with van der Waals surface area (Å²) in [5, 5.41) is 2.42. The van der Waals surface area contributed by atoms with Gasteiger partial charge in [0.25, 0.3) is 5.91 Å². The molecule has 0 radical (unpaired) electrons. The first-order chi connectivity index (χ1) is 19.6. The van der Waals surface area contributed by atoms with E-state index >= 15 is 0 Å². The van der Waals surface area contributed by atoms with Crippen molar-refractivity contribution >= 4 is 29.0 Å². The summed E-state index contributed by atoms with van der Waals surface area (Å²) in [5.74, 6) is 0.642. The second-order valence-corrected chi connectivity index (χ2v) is 11.2. The minimum atomic E-state index is -4.55. The van der Waals surface area contributed by atoms with E-state index in [1.54, 1.807) is 30.5 Å². The maximum Gasteiger partial charge on any atom is 0.416 e. The van der Waals surface area contributed by atoms with Gasteiger partial charge in [-0.3, -0.25) is 14.0 Å². The van der Waals surface area contributed by atoms with Crippen LogP contribution in [0.15, 0.2) is 55.0 Å². The van der Waals surface area contributed by atoms with E-state index in [-0.39, 0.29) is 28.6 Å². The first-order valence-electron chi connectivity index (χ1n) is 13.5. The molecule has 7 rings (SSSR count). The Kier molecular flexibility index (Phi) is 5.60. The normalized spacial score (nSPS) is 21.3. The fraction of sp³-hybridized carbons (Fsp3) is 0.345. The van der Waals surface area contributed by atoms with E-state index < -0.39 is 17.6 Å². The molecule has 3 aliphatic rings. The molecule has 4 aromatic rings. The fourth-order valence-corrected chi connectivity index (χ4v) is 6.33. The van der Waals surface area contributed by atoms with E-state index in [1.165, 1.54) is 0 Å². The maximum atomic E-state index is 13.1. The minimum absolute atomic E-state index is 0.0390. The first kappa shape index (κ1) is 25.5. The predicted molar refractivity (Wildman–Crippen MR) is 144 cm³/mol. The number of nitrogens with two attached hydrogens (primary N) is 1. The third-order valence-electron chi connectivity index (χ3n) is 8.63. The van der Waals surface area contributed by atoms with Crippen molar-refractivity contribution in [3.8, 4) is 11.3 Å².